The van der Waals surface area contributed by atoms with Gasteiger partial charge in [-0.25, -0.2) is 9.98 Å². The Morgan fingerprint density at radius 3 is 2.82 bits per heavy atom. The van der Waals surface area contributed by atoms with Gasteiger partial charge in [-0.3, -0.25) is 0 Å². The standard InChI is InChI=1S/C12H14N4S/c1-9-11(17-8-15-9)7-14-12(13)16-10-5-3-2-4-6-10/h2-6,8H,7H2,1H3,(H3,13,14,16). The molecule has 0 aliphatic heterocycles. The molecule has 1 aromatic carbocycles. The summed E-state index contributed by atoms with van der Waals surface area (Å²) in [6.45, 7) is 2.55. The van der Waals surface area contributed by atoms with Crippen molar-refractivity contribution in [3.63, 3.8) is 0 Å². The number of aryl methyl sites for hydroxylation is 1. The van der Waals surface area contributed by atoms with Crippen LogP contribution in [0.25, 0.3) is 0 Å². The third-order valence-electron chi connectivity index (χ3n) is 2.28. The average molecular weight is 246 g/mol. The van der Waals surface area contributed by atoms with E-state index in [0.717, 1.165) is 16.3 Å². The van der Waals surface area contributed by atoms with Crippen LogP contribution in [0.15, 0.2) is 40.8 Å². The fourth-order valence-corrected chi connectivity index (χ4v) is 2.04. The molecule has 1 aromatic heterocycles. The summed E-state index contributed by atoms with van der Waals surface area (Å²) in [6.07, 6.45) is 0. The lowest BCUT2D eigenvalue weighted by molar-refractivity contribution is 1.05. The first-order chi connectivity index (χ1) is 8.25. The molecule has 0 saturated carbocycles. The topological polar surface area (TPSA) is 63.3 Å². The normalized spacial score (nSPS) is 11.5. The van der Waals surface area contributed by atoms with Crippen LogP contribution in [0, 0.1) is 6.92 Å². The van der Waals surface area contributed by atoms with Crippen LogP contribution in [-0.4, -0.2) is 10.9 Å². The minimum atomic E-state index is 0.420. The number of benzene rings is 1. The zero-order valence-corrected chi connectivity index (χ0v) is 10.4. The van der Waals surface area contributed by atoms with E-state index >= 15 is 0 Å². The predicted molar refractivity (Wildman–Crippen MR) is 72.2 cm³/mol. The Labute approximate surface area is 104 Å². The van der Waals surface area contributed by atoms with Gasteiger partial charge >= 0.3 is 0 Å². The molecule has 0 unspecified atom stereocenters. The van der Waals surface area contributed by atoms with Crippen molar-refractivity contribution in [2.75, 3.05) is 5.32 Å². The van der Waals surface area contributed by atoms with Crippen LogP contribution in [0.2, 0.25) is 0 Å². The summed E-state index contributed by atoms with van der Waals surface area (Å²) in [7, 11) is 0. The fraction of sp³-hybridized carbons (Fsp3) is 0.167. The van der Waals surface area contributed by atoms with Gasteiger partial charge in [0, 0.05) is 10.6 Å². The summed E-state index contributed by atoms with van der Waals surface area (Å²) in [5.41, 5.74) is 9.58. The lowest BCUT2D eigenvalue weighted by atomic mass is 10.3. The number of anilines is 1. The molecule has 5 heteroatoms. The Morgan fingerprint density at radius 2 is 2.18 bits per heavy atom. The third-order valence-corrected chi connectivity index (χ3v) is 3.20. The molecule has 0 saturated heterocycles. The van der Waals surface area contributed by atoms with E-state index in [1.807, 2.05) is 42.8 Å². The molecule has 0 atom stereocenters. The van der Waals surface area contributed by atoms with Gasteiger partial charge in [-0.15, -0.1) is 11.3 Å². The number of guanidine groups is 1. The van der Waals surface area contributed by atoms with Crippen molar-refractivity contribution in [2.24, 2.45) is 10.7 Å². The molecular weight excluding hydrogens is 232 g/mol. The van der Waals surface area contributed by atoms with Gasteiger partial charge in [0.25, 0.3) is 0 Å². The van der Waals surface area contributed by atoms with Crippen molar-refractivity contribution >= 4 is 23.0 Å². The SMILES string of the molecule is Cc1ncsc1CN=C(N)Nc1ccccc1. The van der Waals surface area contributed by atoms with E-state index < -0.39 is 0 Å². The average Bonchev–Trinajstić information content (AvgIpc) is 2.74. The van der Waals surface area contributed by atoms with E-state index in [-0.39, 0.29) is 0 Å². The monoisotopic (exact) mass is 246 g/mol. The highest BCUT2D eigenvalue weighted by Gasteiger charge is 2.00. The molecule has 0 fully saturated rings. The zero-order valence-electron chi connectivity index (χ0n) is 9.55. The van der Waals surface area contributed by atoms with E-state index in [4.69, 9.17) is 5.73 Å². The third kappa shape index (κ3) is 3.29. The predicted octanol–water partition coefficient (Wildman–Crippen LogP) is 2.38. The van der Waals surface area contributed by atoms with E-state index in [0.29, 0.717) is 12.5 Å². The first-order valence-corrected chi connectivity index (χ1v) is 6.14. The second kappa shape index (κ2) is 5.45. The molecule has 17 heavy (non-hydrogen) atoms. The van der Waals surface area contributed by atoms with Crippen LogP contribution in [-0.2, 0) is 6.54 Å². The molecule has 0 amide bonds. The van der Waals surface area contributed by atoms with Gasteiger partial charge in [0.1, 0.15) is 0 Å². The Morgan fingerprint density at radius 1 is 1.41 bits per heavy atom. The molecule has 2 aromatic rings. The maximum absolute atomic E-state index is 5.80. The smallest absolute Gasteiger partial charge is 0.193 e. The quantitative estimate of drug-likeness (QED) is 0.645. The Balaban J connectivity index is 1.97. The van der Waals surface area contributed by atoms with Crippen LogP contribution in [0.3, 0.4) is 0 Å². The van der Waals surface area contributed by atoms with E-state index in [9.17, 15) is 0 Å². The minimum Gasteiger partial charge on any atom is -0.370 e. The Bertz CT molecular complexity index is 504. The number of nitrogens with two attached hydrogens (primary N) is 1. The van der Waals surface area contributed by atoms with Crippen molar-refractivity contribution < 1.29 is 0 Å². The van der Waals surface area contributed by atoms with Gasteiger partial charge in [-0.2, -0.15) is 0 Å². The number of nitrogens with one attached hydrogen (secondary N) is 1. The van der Waals surface area contributed by atoms with Crippen molar-refractivity contribution in [3.8, 4) is 0 Å². The second-order valence-electron chi connectivity index (χ2n) is 3.55. The van der Waals surface area contributed by atoms with Gasteiger partial charge in [-0.05, 0) is 19.1 Å². The van der Waals surface area contributed by atoms with Crippen LogP contribution in [0.5, 0.6) is 0 Å². The minimum absolute atomic E-state index is 0.420. The fourth-order valence-electron chi connectivity index (χ4n) is 1.34. The summed E-state index contributed by atoms with van der Waals surface area (Å²) in [5, 5.41) is 3.04. The number of aromatic nitrogens is 1. The van der Waals surface area contributed by atoms with Gasteiger partial charge in [-0.1, -0.05) is 18.2 Å². The van der Waals surface area contributed by atoms with Crippen molar-refractivity contribution in [3.05, 3.63) is 46.4 Å². The molecule has 0 radical (unpaired) electrons. The second-order valence-corrected chi connectivity index (χ2v) is 4.49. The number of hydrogen-bond acceptors (Lipinski definition) is 3. The molecule has 1 heterocycles. The van der Waals surface area contributed by atoms with Gasteiger partial charge < -0.3 is 11.1 Å². The van der Waals surface area contributed by atoms with Crippen molar-refractivity contribution in [1.82, 2.24) is 4.98 Å². The molecule has 3 N–H and O–H groups in total. The zero-order chi connectivity index (χ0) is 12.1. The molecule has 2 rings (SSSR count). The number of nitrogens with zero attached hydrogens (tertiary/aromatic N) is 2. The largest absolute Gasteiger partial charge is 0.370 e. The van der Waals surface area contributed by atoms with E-state index in [2.05, 4.69) is 15.3 Å². The highest BCUT2D eigenvalue weighted by Crippen LogP contribution is 2.13. The summed E-state index contributed by atoms with van der Waals surface area (Å²) in [6, 6.07) is 9.74. The highest BCUT2D eigenvalue weighted by molar-refractivity contribution is 7.09. The molecule has 0 aliphatic rings. The summed E-state index contributed by atoms with van der Waals surface area (Å²) >= 11 is 1.60. The molecular formula is C12H14N4S. The summed E-state index contributed by atoms with van der Waals surface area (Å²) < 4.78 is 0. The van der Waals surface area contributed by atoms with Crippen molar-refractivity contribution in [2.45, 2.75) is 13.5 Å². The summed E-state index contributed by atoms with van der Waals surface area (Å²) in [4.78, 5) is 9.58. The lowest BCUT2D eigenvalue weighted by Gasteiger charge is -2.04. The number of hydrogen-bond donors (Lipinski definition) is 2. The molecule has 4 nitrogen and oxygen atoms in total. The van der Waals surface area contributed by atoms with Gasteiger partial charge in [0.2, 0.25) is 0 Å². The van der Waals surface area contributed by atoms with E-state index in [1.54, 1.807) is 11.3 Å². The number of aliphatic imine (C=N–C) groups is 1. The van der Waals surface area contributed by atoms with Crippen molar-refractivity contribution in [1.29, 1.82) is 0 Å². The maximum Gasteiger partial charge on any atom is 0.193 e. The highest BCUT2D eigenvalue weighted by atomic mass is 32.1. The Kier molecular flexibility index (Phi) is 3.72. The van der Waals surface area contributed by atoms with E-state index in [1.165, 1.54) is 0 Å². The Hall–Kier alpha value is -1.88. The van der Waals surface area contributed by atoms with Gasteiger partial charge in [0.15, 0.2) is 5.96 Å². The first-order valence-electron chi connectivity index (χ1n) is 5.26. The molecule has 0 aliphatic carbocycles. The number of rotatable bonds is 3. The molecule has 0 spiro atoms. The molecule has 88 valence electrons. The van der Waals surface area contributed by atoms with Crippen LogP contribution in [0.4, 0.5) is 5.69 Å². The molecule has 0 bridgehead atoms. The van der Waals surface area contributed by atoms with Gasteiger partial charge in [0.05, 0.1) is 17.7 Å². The number of para-hydroxylation sites is 1. The summed E-state index contributed by atoms with van der Waals surface area (Å²) in [5.74, 6) is 0.420. The van der Waals surface area contributed by atoms with Crippen LogP contribution < -0.4 is 11.1 Å². The lowest BCUT2D eigenvalue weighted by Crippen LogP contribution is -2.22. The first kappa shape index (κ1) is 11.6. The maximum atomic E-state index is 5.80. The van der Waals surface area contributed by atoms with Crippen LogP contribution >= 0.6 is 11.3 Å². The number of thiazole rings is 1. The van der Waals surface area contributed by atoms with Crippen LogP contribution in [0.1, 0.15) is 10.6 Å².